The summed E-state index contributed by atoms with van der Waals surface area (Å²) in [5.74, 6) is 0.0178. The van der Waals surface area contributed by atoms with E-state index in [1.807, 2.05) is 19.9 Å². The van der Waals surface area contributed by atoms with Crippen molar-refractivity contribution in [1.29, 1.82) is 0 Å². The Morgan fingerprint density at radius 2 is 2.37 bits per heavy atom. The van der Waals surface area contributed by atoms with Crippen LogP contribution in [0.1, 0.15) is 19.9 Å². The van der Waals surface area contributed by atoms with Gasteiger partial charge >= 0.3 is 0 Å². The number of amides is 1. The minimum atomic E-state index is -0.375. The van der Waals surface area contributed by atoms with Crippen LogP contribution >= 0.6 is 28.1 Å². The molecule has 1 amide bonds. The number of nitrogens with one attached hydrogen (secondary N) is 1. The number of aromatic amines is 1. The Kier molecular flexibility index (Phi) is 4.05. The molecule has 0 spiro atoms. The van der Waals surface area contributed by atoms with Gasteiger partial charge in [-0.1, -0.05) is 0 Å². The summed E-state index contributed by atoms with van der Waals surface area (Å²) in [6.45, 7) is 4.44. The number of halogens is 1. The van der Waals surface area contributed by atoms with E-state index in [9.17, 15) is 4.79 Å². The lowest BCUT2D eigenvalue weighted by Gasteiger charge is -2.20. The number of carbonyl (C=O) groups excluding carboxylic acids is 1. The molecule has 1 N–H and O–H groups in total. The number of likely N-dealkylation sites (N-methyl/N-ethyl adjacent to an activating group) is 1. The number of carbonyl (C=O) groups is 1. The predicted molar refractivity (Wildman–Crippen MR) is 80.6 cm³/mol. The van der Waals surface area contributed by atoms with E-state index in [1.165, 1.54) is 0 Å². The fourth-order valence-electron chi connectivity index (χ4n) is 1.93. The third kappa shape index (κ3) is 2.57. The Morgan fingerprint density at radius 1 is 1.68 bits per heavy atom. The van der Waals surface area contributed by atoms with Crippen LogP contribution in [0.5, 0.6) is 0 Å². The van der Waals surface area contributed by atoms with Crippen LogP contribution in [0.25, 0.3) is 11.2 Å². The van der Waals surface area contributed by atoms with Gasteiger partial charge in [0.2, 0.25) is 5.91 Å². The maximum atomic E-state index is 12.2. The van der Waals surface area contributed by atoms with Crippen molar-refractivity contribution in [2.24, 2.45) is 0 Å². The molecule has 0 radical (unpaired) electrons. The summed E-state index contributed by atoms with van der Waals surface area (Å²) in [6, 6.07) is 1.52. The maximum Gasteiger partial charge on any atom is 0.245 e. The van der Waals surface area contributed by atoms with Gasteiger partial charge in [0, 0.05) is 24.3 Å². The number of fused-ring (bicyclic) bond motifs is 1. The molecule has 1 unspecified atom stereocenters. The average molecular weight is 343 g/mol. The molecule has 19 heavy (non-hydrogen) atoms. The SMILES string of the molecule is CCN(C)C(=O)C(C)n1c(=S)[nH]c2cc(Br)cnc21. The molecule has 2 aromatic rings. The Hall–Kier alpha value is -1.21. The van der Waals surface area contributed by atoms with Gasteiger partial charge in [0.1, 0.15) is 6.04 Å². The molecule has 1 atom stereocenters. The minimum absolute atomic E-state index is 0.0178. The molecule has 102 valence electrons. The standard InChI is InChI=1S/C12H15BrN4OS/c1-4-16(3)11(18)7(2)17-10-9(15-12(17)19)5-8(13)6-14-10/h5-7H,4H2,1-3H3,(H,15,19). The zero-order chi connectivity index (χ0) is 14.2. The molecule has 2 heterocycles. The van der Waals surface area contributed by atoms with Gasteiger partial charge in [0.15, 0.2) is 10.4 Å². The van der Waals surface area contributed by atoms with E-state index in [2.05, 4.69) is 25.9 Å². The summed E-state index contributed by atoms with van der Waals surface area (Å²) in [7, 11) is 1.78. The van der Waals surface area contributed by atoms with Gasteiger partial charge in [0.25, 0.3) is 0 Å². The second-order valence-electron chi connectivity index (χ2n) is 4.35. The summed E-state index contributed by atoms with van der Waals surface area (Å²) in [5, 5.41) is 0. The molecule has 5 nitrogen and oxygen atoms in total. The van der Waals surface area contributed by atoms with E-state index in [0.717, 1.165) is 9.99 Å². The van der Waals surface area contributed by atoms with Crippen molar-refractivity contribution in [3.05, 3.63) is 21.5 Å². The Balaban J connectivity index is 2.53. The third-order valence-electron chi connectivity index (χ3n) is 3.12. The highest BCUT2D eigenvalue weighted by Gasteiger charge is 2.21. The van der Waals surface area contributed by atoms with Gasteiger partial charge in [0.05, 0.1) is 5.52 Å². The molecule has 0 saturated heterocycles. The van der Waals surface area contributed by atoms with Crippen molar-refractivity contribution in [2.45, 2.75) is 19.9 Å². The van der Waals surface area contributed by atoms with E-state index in [4.69, 9.17) is 12.2 Å². The minimum Gasteiger partial charge on any atom is -0.344 e. The topological polar surface area (TPSA) is 53.9 Å². The Bertz CT molecular complexity index is 678. The first-order chi connectivity index (χ1) is 8.95. The number of imidazole rings is 1. The van der Waals surface area contributed by atoms with E-state index in [-0.39, 0.29) is 11.9 Å². The Labute approximate surface area is 124 Å². The quantitative estimate of drug-likeness (QED) is 0.872. The smallest absolute Gasteiger partial charge is 0.245 e. The molecule has 0 bridgehead atoms. The molecule has 0 aromatic carbocycles. The molecule has 0 aliphatic carbocycles. The summed E-state index contributed by atoms with van der Waals surface area (Å²) in [6.07, 6.45) is 1.70. The maximum absolute atomic E-state index is 12.2. The van der Waals surface area contributed by atoms with Crippen LogP contribution in [0.3, 0.4) is 0 Å². The fourth-order valence-corrected chi connectivity index (χ4v) is 2.62. The highest BCUT2D eigenvalue weighted by molar-refractivity contribution is 9.10. The van der Waals surface area contributed by atoms with Crippen molar-refractivity contribution >= 4 is 45.2 Å². The van der Waals surface area contributed by atoms with E-state index in [1.54, 1.807) is 22.7 Å². The number of pyridine rings is 1. The zero-order valence-electron chi connectivity index (χ0n) is 11.0. The van der Waals surface area contributed by atoms with Crippen molar-refractivity contribution < 1.29 is 4.79 Å². The number of hydrogen-bond donors (Lipinski definition) is 1. The second kappa shape index (κ2) is 5.42. The van der Waals surface area contributed by atoms with Gasteiger partial charge < -0.3 is 9.88 Å². The van der Waals surface area contributed by atoms with Gasteiger partial charge in [-0.2, -0.15) is 0 Å². The predicted octanol–water partition coefficient (Wildman–Crippen LogP) is 2.90. The van der Waals surface area contributed by atoms with Gasteiger partial charge in [-0.15, -0.1) is 0 Å². The normalized spacial score (nSPS) is 12.6. The van der Waals surface area contributed by atoms with Crippen LogP contribution in [0.4, 0.5) is 0 Å². The van der Waals surface area contributed by atoms with Gasteiger partial charge in [-0.25, -0.2) is 4.98 Å². The molecule has 0 saturated carbocycles. The summed E-state index contributed by atoms with van der Waals surface area (Å²) in [5.41, 5.74) is 1.51. The fraction of sp³-hybridized carbons (Fsp3) is 0.417. The highest BCUT2D eigenvalue weighted by Crippen LogP contribution is 2.21. The van der Waals surface area contributed by atoms with Crippen molar-refractivity contribution in [1.82, 2.24) is 19.4 Å². The largest absolute Gasteiger partial charge is 0.344 e. The summed E-state index contributed by atoms with van der Waals surface area (Å²) < 4.78 is 3.13. The summed E-state index contributed by atoms with van der Waals surface area (Å²) in [4.78, 5) is 21.3. The summed E-state index contributed by atoms with van der Waals surface area (Å²) >= 11 is 8.66. The second-order valence-corrected chi connectivity index (χ2v) is 5.66. The number of hydrogen-bond acceptors (Lipinski definition) is 3. The van der Waals surface area contributed by atoms with Crippen molar-refractivity contribution in [3.63, 3.8) is 0 Å². The molecule has 2 aromatic heterocycles. The van der Waals surface area contributed by atoms with Crippen LogP contribution in [-0.2, 0) is 4.79 Å². The van der Waals surface area contributed by atoms with Crippen molar-refractivity contribution in [3.8, 4) is 0 Å². The lowest BCUT2D eigenvalue weighted by Crippen LogP contribution is -2.33. The van der Waals surface area contributed by atoms with Crippen LogP contribution in [0, 0.1) is 4.77 Å². The number of aromatic nitrogens is 3. The van der Waals surface area contributed by atoms with Crippen LogP contribution in [0.2, 0.25) is 0 Å². The molecule has 0 aliphatic rings. The number of rotatable bonds is 3. The van der Waals surface area contributed by atoms with Crippen LogP contribution < -0.4 is 0 Å². The van der Waals surface area contributed by atoms with Crippen LogP contribution in [-0.4, -0.2) is 38.9 Å². The lowest BCUT2D eigenvalue weighted by atomic mass is 10.3. The van der Waals surface area contributed by atoms with Crippen LogP contribution in [0.15, 0.2) is 16.7 Å². The lowest BCUT2D eigenvalue weighted by molar-refractivity contribution is -0.132. The van der Waals surface area contributed by atoms with E-state index >= 15 is 0 Å². The molecular formula is C12H15BrN4OS. The highest BCUT2D eigenvalue weighted by atomic mass is 79.9. The molecule has 0 fully saturated rings. The molecule has 0 aliphatic heterocycles. The third-order valence-corrected chi connectivity index (χ3v) is 3.85. The van der Waals surface area contributed by atoms with E-state index < -0.39 is 0 Å². The first-order valence-corrected chi connectivity index (χ1v) is 7.16. The monoisotopic (exact) mass is 342 g/mol. The van der Waals surface area contributed by atoms with Gasteiger partial charge in [-0.3, -0.25) is 9.36 Å². The number of H-pyrrole nitrogens is 1. The van der Waals surface area contributed by atoms with E-state index in [0.29, 0.717) is 17.0 Å². The Morgan fingerprint density at radius 3 is 3.00 bits per heavy atom. The first-order valence-electron chi connectivity index (χ1n) is 5.96. The molecule has 2 rings (SSSR count). The zero-order valence-corrected chi connectivity index (χ0v) is 13.4. The number of nitrogens with zero attached hydrogens (tertiary/aromatic N) is 3. The first kappa shape index (κ1) is 14.2. The average Bonchev–Trinajstić information content (AvgIpc) is 2.71. The van der Waals surface area contributed by atoms with Gasteiger partial charge in [-0.05, 0) is 48.1 Å². The van der Waals surface area contributed by atoms with Crippen molar-refractivity contribution in [2.75, 3.05) is 13.6 Å². The molecule has 7 heteroatoms. The molecular weight excluding hydrogens is 328 g/mol.